The normalized spacial score (nSPS) is 11.5. The molecule has 0 spiro atoms. The number of nitrogens with two attached hydrogens (primary N) is 1. The molecule has 0 radical (unpaired) electrons. The van der Waals surface area contributed by atoms with Gasteiger partial charge < -0.3 is 5.73 Å². The van der Waals surface area contributed by atoms with E-state index >= 15 is 0 Å². The van der Waals surface area contributed by atoms with E-state index in [2.05, 4.69) is 33.8 Å². The summed E-state index contributed by atoms with van der Waals surface area (Å²) in [6, 6.07) is 2.46. The van der Waals surface area contributed by atoms with E-state index in [0.29, 0.717) is 0 Å². The molecule has 0 saturated heterocycles. The van der Waals surface area contributed by atoms with Gasteiger partial charge in [0.1, 0.15) is 0 Å². The van der Waals surface area contributed by atoms with Crippen LogP contribution in [0.1, 0.15) is 230 Å². The van der Waals surface area contributed by atoms with Crippen LogP contribution in [0.4, 0.5) is 5.69 Å². The zero-order valence-electron chi connectivity index (χ0n) is 30.3. The van der Waals surface area contributed by atoms with Gasteiger partial charge in [0.2, 0.25) is 0 Å². The highest BCUT2D eigenvalue weighted by atomic mass is 14.6. The van der Waals surface area contributed by atoms with Gasteiger partial charge in [-0.25, -0.2) is 0 Å². The van der Waals surface area contributed by atoms with Crippen LogP contribution < -0.4 is 5.73 Å². The van der Waals surface area contributed by atoms with Crippen LogP contribution in [0.3, 0.4) is 0 Å². The predicted octanol–water partition coefficient (Wildman–Crippen LogP) is 14.4. The second kappa shape index (κ2) is 29.7. The molecule has 1 aromatic rings. The molecule has 0 aliphatic rings. The van der Waals surface area contributed by atoms with E-state index in [-0.39, 0.29) is 0 Å². The number of anilines is 1. The van der Waals surface area contributed by atoms with E-state index in [1.165, 1.54) is 205 Å². The Hall–Kier alpha value is -0.980. The van der Waals surface area contributed by atoms with Crippen molar-refractivity contribution in [2.45, 2.75) is 233 Å². The second-order valence-electron chi connectivity index (χ2n) is 14.0. The first-order valence-corrected chi connectivity index (χ1v) is 20.1. The minimum absolute atomic E-state index is 1.13. The smallest absolute Gasteiger partial charge is 0.0352 e. The molecular formula is C42H79N. The molecule has 0 aliphatic carbocycles. The first-order chi connectivity index (χ1) is 21.2. The third-order valence-electron chi connectivity index (χ3n) is 9.94. The van der Waals surface area contributed by atoms with Gasteiger partial charge >= 0.3 is 0 Å². The first-order valence-electron chi connectivity index (χ1n) is 20.1. The van der Waals surface area contributed by atoms with Gasteiger partial charge in [0, 0.05) is 5.69 Å². The van der Waals surface area contributed by atoms with E-state index in [1.807, 2.05) is 0 Å². The Bertz CT molecular complexity index is 735. The van der Waals surface area contributed by atoms with Gasteiger partial charge in [0.05, 0.1) is 0 Å². The Morgan fingerprint density at radius 2 is 0.605 bits per heavy atom. The van der Waals surface area contributed by atoms with Crippen LogP contribution in [0.15, 0.2) is 6.07 Å². The zero-order chi connectivity index (χ0) is 31.2. The molecule has 0 unspecified atom stereocenters. The summed E-state index contributed by atoms with van der Waals surface area (Å²) in [4.78, 5) is 0. The van der Waals surface area contributed by atoms with Gasteiger partial charge in [-0.2, -0.15) is 0 Å². The largest absolute Gasteiger partial charge is 0.398 e. The Morgan fingerprint density at radius 3 is 0.977 bits per heavy atom. The Morgan fingerprint density at radius 1 is 0.326 bits per heavy atom. The van der Waals surface area contributed by atoms with Gasteiger partial charge in [-0.05, 0) is 79.7 Å². The maximum absolute atomic E-state index is 6.96. The Labute approximate surface area is 272 Å². The topological polar surface area (TPSA) is 26.0 Å². The highest BCUT2D eigenvalue weighted by Gasteiger charge is 2.17. The fourth-order valence-electron chi connectivity index (χ4n) is 7.09. The van der Waals surface area contributed by atoms with E-state index in [4.69, 9.17) is 5.73 Å². The summed E-state index contributed by atoms with van der Waals surface area (Å²) in [5, 5.41) is 0. The van der Waals surface area contributed by atoms with Crippen LogP contribution in [0.25, 0.3) is 0 Å². The molecule has 0 amide bonds. The summed E-state index contributed by atoms with van der Waals surface area (Å²) in [6.07, 6.45) is 43.9. The van der Waals surface area contributed by atoms with Crippen molar-refractivity contribution in [3.63, 3.8) is 0 Å². The highest BCUT2D eigenvalue weighted by molar-refractivity contribution is 5.58. The van der Waals surface area contributed by atoms with Crippen LogP contribution in [0, 0.1) is 0 Å². The summed E-state index contributed by atoms with van der Waals surface area (Å²) in [7, 11) is 0. The fraction of sp³-hybridized carbons (Fsp3) is 0.857. The number of unbranched alkanes of at least 4 members (excludes halogenated alkanes) is 24. The average molecular weight is 598 g/mol. The second-order valence-corrected chi connectivity index (χ2v) is 14.0. The number of benzene rings is 1. The fourth-order valence-corrected chi connectivity index (χ4v) is 7.09. The zero-order valence-corrected chi connectivity index (χ0v) is 30.3. The Balaban J connectivity index is 2.99. The third kappa shape index (κ3) is 20.6. The van der Waals surface area contributed by atoms with Crippen molar-refractivity contribution in [2.24, 2.45) is 0 Å². The maximum Gasteiger partial charge on any atom is 0.0352 e. The molecule has 1 heteroatoms. The van der Waals surface area contributed by atoms with Crippen LogP contribution >= 0.6 is 0 Å². The van der Waals surface area contributed by atoms with Gasteiger partial charge in [-0.1, -0.05) is 182 Å². The van der Waals surface area contributed by atoms with E-state index in [9.17, 15) is 0 Å². The molecule has 0 aromatic heterocycles. The van der Waals surface area contributed by atoms with Crippen molar-refractivity contribution >= 4 is 5.69 Å². The molecule has 1 aromatic carbocycles. The molecule has 0 aliphatic heterocycles. The SMILES string of the molecule is CCCCCCCCCc1cc(N)c(CCCCCCCCC)c(CCCCCCCCC)c1CCCCCCCCC. The van der Waals surface area contributed by atoms with E-state index in [0.717, 1.165) is 5.69 Å². The summed E-state index contributed by atoms with van der Waals surface area (Å²) < 4.78 is 0. The molecule has 252 valence electrons. The van der Waals surface area contributed by atoms with E-state index < -0.39 is 0 Å². The van der Waals surface area contributed by atoms with Gasteiger partial charge in [0.25, 0.3) is 0 Å². The summed E-state index contributed by atoms with van der Waals surface area (Å²) in [5.41, 5.74) is 14.7. The summed E-state index contributed by atoms with van der Waals surface area (Å²) >= 11 is 0. The molecule has 0 heterocycles. The third-order valence-corrected chi connectivity index (χ3v) is 9.94. The van der Waals surface area contributed by atoms with Crippen LogP contribution in [-0.4, -0.2) is 0 Å². The van der Waals surface area contributed by atoms with Crippen LogP contribution in [0.2, 0.25) is 0 Å². The average Bonchev–Trinajstić information content (AvgIpc) is 3.01. The van der Waals surface area contributed by atoms with Gasteiger partial charge in [-0.3, -0.25) is 0 Å². The van der Waals surface area contributed by atoms with Crippen molar-refractivity contribution in [3.05, 3.63) is 28.3 Å². The van der Waals surface area contributed by atoms with Gasteiger partial charge in [0.15, 0.2) is 0 Å². The van der Waals surface area contributed by atoms with Gasteiger partial charge in [-0.15, -0.1) is 0 Å². The minimum atomic E-state index is 1.13. The van der Waals surface area contributed by atoms with Crippen molar-refractivity contribution in [1.82, 2.24) is 0 Å². The number of aryl methyl sites for hydroxylation is 1. The van der Waals surface area contributed by atoms with Crippen molar-refractivity contribution in [3.8, 4) is 0 Å². The molecule has 1 rings (SSSR count). The number of hydrogen-bond donors (Lipinski definition) is 1. The number of rotatable bonds is 32. The molecule has 0 fully saturated rings. The van der Waals surface area contributed by atoms with Crippen LogP contribution in [0.5, 0.6) is 0 Å². The van der Waals surface area contributed by atoms with Crippen LogP contribution in [-0.2, 0) is 25.7 Å². The summed E-state index contributed by atoms with van der Waals surface area (Å²) in [6.45, 7) is 9.28. The quantitative estimate of drug-likeness (QED) is 0.0648. The molecule has 43 heavy (non-hydrogen) atoms. The standard InChI is InChI=1S/C42H79N/c1-5-9-13-17-21-25-29-33-38-37-42(43)41(36-32-28-24-20-16-12-8-4)40(35-31-27-23-19-15-11-7-3)39(38)34-30-26-22-18-14-10-6-2/h37H,5-36,43H2,1-4H3. The molecule has 0 bridgehead atoms. The predicted molar refractivity (Wildman–Crippen MR) is 198 cm³/mol. The molecule has 0 saturated carbocycles. The van der Waals surface area contributed by atoms with Crippen molar-refractivity contribution in [1.29, 1.82) is 0 Å². The molecule has 2 N–H and O–H groups in total. The summed E-state index contributed by atoms with van der Waals surface area (Å²) in [5.74, 6) is 0. The van der Waals surface area contributed by atoms with Crippen molar-refractivity contribution in [2.75, 3.05) is 5.73 Å². The Kier molecular flexibility index (Phi) is 27.7. The van der Waals surface area contributed by atoms with E-state index in [1.54, 1.807) is 22.3 Å². The number of hydrogen-bond acceptors (Lipinski definition) is 1. The lowest BCUT2D eigenvalue weighted by Crippen LogP contribution is -2.10. The molecule has 0 atom stereocenters. The number of nitrogen functional groups attached to an aromatic ring is 1. The monoisotopic (exact) mass is 598 g/mol. The lowest BCUT2D eigenvalue weighted by molar-refractivity contribution is 0.575. The highest BCUT2D eigenvalue weighted by Crippen LogP contribution is 2.32. The maximum atomic E-state index is 6.96. The minimum Gasteiger partial charge on any atom is -0.398 e. The molecule has 1 nitrogen and oxygen atoms in total. The lowest BCUT2D eigenvalue weighted by Gasteiger charge is -2.22. The molecular weight excluding hydrogens is 518 g/mol. The first kappa shape index (κ1) is 40.0. The lowest BCUT2D eigenvalue weighted by atomic mass is 9.84. The van der Waals surface area contributed by atoms with Crippen molar-refractivity contribution < 1.29 is 0 Å².